The second-order valence-corrected chi connectivity index (χ2v) is 5.03. The van der Waals surface area contributed by atoms with Crippen LogP contribution in [0, 0.1) is 0 Å². The lowest BCUT2D eigenvalue weighted by Gasteiger charge is -2.10. The van der Waals surface area contributed by atoms with Gasteiger partial charge in [-0.3, -0.25) is 19.3 Å². The standard InChI is InChI=1S/C14H14N4O3/c1-18-12(19)5-11(14(18)21)17-13(20)9-6-16-10-4-7(15)2-3-8(9)10/h2-4,6,11,16H,5,15H2,1H3,(H,17,20). The van der Waals surface area contributed by atoms with Gasteiger partial charge in [-0.15, -0.1) is 0 Å². The first-order chi connectivity index (χ1) is 9.97. The Hall–Kier alpha value is -2.83. The lowest BCUT2D eigenvalue weighted by Crippen LogP contribution is -2.40. The zero-order valence-electron chi connectivity index (χ0n) is 11.3. The lowest BCUT2D eigenvalue weighted by atomic mass is 10.1. The molecule has 1 fully saturated rings. The molecule has 7 nitrogen and oxygen atoms in total. The molecule has 1 saturated heterocycles. The zero-order chi connectivity index (χ0) is 15.1. The van der Waals surface area contributed by atoms with Crippen molar-refractivity contribution >= 4 is 34.3 Å². The number of rotatable bonds is 2. The minimum Gasteiger partial charge on any atom is -0.399 e. The fourth-order valence-electron chi connectivity index (χ4n) is 2.44. The predicted molar refractivity (Wildman–Crippen MR) is 76.4 cm³/mol. The first kappa shape index (κ1) is 13.2. The molecule has 1 unspecified atom stereocenters. The van der Waals surface area contributed by atoms with Crippen molar-refractivity contribution in [2.24, 2.45) is 0 Å². The van der Waals surface area contributed by atoms with Crippen LogP contribution < -0.4 is 11.1 Å². The second-order valence-electron chi connectivity index (χ2n) is 5.03. The normalized spacial score (nSPS) is 18.5. The van der Waals surface area contributed by atoms with Crippen LogP contribution in [0.5, 0.6) is 0 Å². The van der Waals surface area contributed by atoms with Crippen LogP contribution in [0.3, 0.4) is 0 Å². The van der Waals surface area contributed by atoms with Crippen LogP contribution in [-0.4, -0.2) is 40.7 Å². The van der Waals surface area contributed by atoms with Gasteiger partial charge in [-0.2, -0.15) is 0 Å². The molecular formula is C14H14N4O3. The highest BCUT2D eigenvalue weighted by Gasteiger charge is 2.37. The van der Waals surface area contributed by atoms with E-state index >= 15 is 0 Å². The van der Waals surface area contributed by atoms with E-state index in [1.165, 1.54) is 7.05 Å². The topological polar surface area (TPSA) is 108 Å². The highest BCUT2D eigenvalue weighted by atomic mass is 16.2. The fraction of sp³-hybridized carbons (Fsp3) is 0.214. The first-order valence-corrected chi connectivity index (χ1v) is 6.45. The summed E-state index contributed by atoms with van der Waals surface area (Å²) < 4.78 is 0. The molecule has 2 heterocycles. The number of aromatic nitrogens is 1. The number of nitrogens with one attached hydrogen (secondary N) is 2. The van der Waals surface area contributed by atoms with E-state index in [9.17, 15) is 14.4 Å². The molecule has 0 bridgehead atoms. The van der Waals surface area contributed by atoms with E-state index in [-0.39, 0.29) is 12.3 Å². The van der Waals surface area contributed by atoms with Crippen LogP contribution in [-0.2, 0) is 9.59 Å². The number of imide groups is 1. The number of nitrogen functional groups attached to an aromatic ring is 1. The average molecular weight is 286 g/mol. The van der Waals surface area contributed by atoms with Gasteiger partial charge in [0.2, 0.25) is 5.91 Å². The molecule has 7 heteroatoms. The summed E-state index contributed by atoms with van der Waals surface area (Å²) in [7, 11) is 1.41. The Morgan fingerprint density at radius 1 is 1.43 bits per heavy atom. The Morgan fingerprint density at radius 3 is 2.86 bits per heavy atom. The summed E-state index contributed by atoms with van der Waals surface area (Å²) in [5.41, 5.74) is 7.43. The molecular weight excluding hydrogens is 272 g/mol. The Labute approximate surface area is 120 Å². The molecule has 21 heavy (non-hydrogen) atoms. The number of H-pyrrole nitrogens is 1. The second kappa shape index (κ2) is 4.62. The summed E-state index contributed by atoms with van der Waals surface area (Å²) >= 11 is 0. The maximum Gasteiger partial charge on any atom is 0.254 e. The largest absolute Gasteiger partial charge is 0.399 e. The quantitative estimate of drug-likeness (QED) is 0.542. The van der Waals surface area contributed by atoms with Gasteiger partial charge in [0.15, 0.2) is 0 Å². The third-order valence-electron chi connectivity index (χ3n) is 3.64. The molecule has 1 aliphatic rings. The van der Waals surface area contributed by atoms with Crippen molar-refractivity contribution in [3.8, 4) is 0 Å². The van der Waals surface area contributed by atoms with Crippen LogP contribution in [0.15, 0.2) is 24.4 Å². The minimum absolute atomic E-state index is 0.00359. The Balaban J connectivity index is 1.85. The number of amides is 3. The lowest BCUT2D eigenvalue weighted by molar-refractivity contribution is -0.137. The SMILES string of the molecule is CN1C(=O)CC(NC(=O)c2c[nH]c3cc(N)ccc23)C1=O. The van der Waals surface area contributed by atoms with Crippen LogP contribution in [0.4, 0.5) is 5.69 Å². The Morgan fingerprint density at radius 2 is 2.19 bits per heavy atom. The molecule has 2 aromatic rings. The molecule has 1 aromatic carbocycles. The van der Waals surface area contributed by atoms with Crippen molar-refractivity contribution in [1.82, 2.24) is 15.2 Å². The van der Waals surface area contributed by atoms with Crippen molar-refractivity contribution in [1.29, 1.82) is 0 Å². The maximum absolute atomic E-state index is 12.3. The van der Waals surface area contributed by atoms with E-state index in [1.807, 2.05) is 0 Å². The molecule has 1 atom stereocenters. The summed E-state index contributed by atoms with van der Waals surface area (Å²) in [5, 5.41) is 3.31. The molecule has 4 N–H and O–H groups in total. The van der Waals surface area contributed by atoms with Gasteiger partial charge in [-0.1, -0.05) is 0 Å². The Kier molecular flexibility index (Phi) is 2.90. The molecule has 0 saturated carbocycles. The monoisotopic (exact) mass is 286 g/mol. The van der Waals surface area contributed by atoms with Gasteiger partial charge in [-0.25, -0.2) is 0 Å². The van der Waals surface area contributed by atoms with Gasteiger partial charge in [-0.05, 0) is 18.2 Å². The van der Waals surface area contributed by atoms with E-state index < -0.39 is 17.9 Å². The first-order valence-electron chi connectivity index (χ1n) is 6.45. The van der Waals surface area contributed by atoms with Crippen LogP contribution in [0.25, 0.3) is 10.9 Å². The Bertz CT molecular complexity index is 765. The molecule has 1 aliphatic heterocycles. The molecule has 0 radical (unpaired) electrons. The number of nitrogens with zero attached hydrogens (tertiary/aromatic N) is 1. The fourth-order valence-corrected chi connectivity index (χ4v) is 2.44. The predicted octanol–water partition coefficient (Wildman–Crippen LogP) is 0.237. The summed E-state index contributed by atoms with van der Waals surface area (Å²) in [4.78, 5) is 39.5. The van der Waals surface area contributed by atoms with E-state index in [2.05, 4.69) is 10.3 Å². The van der Waals surface area contributed by atoms with Crippen LogP contribution in [0.1, 0.15) is 16.8 Å². The summed E-state index contributed by atoms with van der Waals surface area (Å²) in [6.07, 6.45) is 1.56. The number of carbonyl (C=O) groups is 3. The molecule has 0 spiro atoms. The van der Waals surface area contributed by atoms with Crippen molar-refractivity contribution < 1.29 is 14.4 Å². The number of aromatic amines is 1. The molecule has 108 valence electrons. The molecule has 3 amide bonds. The average Bonchev–Trinajstić information content (AvgIpc) is 2.96. The third-order valence-corrected chi connectivity index (χ3v) is 3.64. The zero-order valence-corrected chi connectivity index (χ0v) is 11.3. The van der Waals surface area contributed by atoms with E-state index in [4.69, 9.17) is 5.73 Å². The summed E-state index contributed by atoms with van der Waals surface area (Å²) in [5.74, 6) is -1.08. The van der Waals surface area contributed by atoms with Gasteiger partial charge >= 0.3 is 0 Å². The van der Waals surface area contributed by atoms with Gasteiger partial charge in [0.05, 0.1) is 12.0 Å². The molecule has 0 aliphatic carbocycles. The number of benzene rings is 1. The molecule has 1 aromatic heterocycles. The number of carbonyl (C=O) groups excluding carboxylic acids is 3. The summed E-state index contributed by atoms with van der Waals surface area (Å²) in [6, 6.07) is 4.37. The highest BCUT2D eigenvalue weighted by Crippen LogP contribution is 2.21. The highest BCUT2D eigenvalue weighted by molar-refractivity contribution is 6.11. The van der Waals surface area contributed by atoms with Crippen molar-refractivity contribution in [2.75, 3.05) is 12.8 Å². The summed E-state index contributed by atoms with van der Waals surface area (Å²) in [6.45, 7) is 0. The van der Waals surface area contributed by atoms with Gasteiger partial charge in [0.1, 0.15) is 6.04 Å². The number of fused-ring (bicyclic) bond motifs is 1. The van der Waals surface area contributed by atoms with E-state index in [0.29, 0.717) is 16.6 Å². The number of nitrogens with two attached hydrogens (primary N) is 1. The van der Waals surface area contributed by atoms with E-state index in [0.717, 1.165) is 10.4 Å². The number of hydrogen-bond acceptors (Lipinski definition) is 4. The smallest absolute Gasteiger partial charge is 0.254 e. The van der Waals surface area contributed by atoms with Gasteiger partial charge < -0.3 is 16.0 Å². The van der Waals surface area contributed by atoms with Gasteiger partial charge in [0.25, 0.3) is 11.8 Å². The third kappa shape index (κ3) is 2.12. The molecule has 3 rings (SSSR count). The van der Waals surface area contributed by atoms with Crippen molar-refractivity contribution in [3.63, 3.8) is 0 Å². The number of likely N-dealkylation sites (N-methyl/N-ethyl adjacent to an activating group) is 1. The number of likely N-dealkylation sites (tertiary alicyclic amines) is 1. The van der Waals surface area contributed by atoms with Crippen LogP contribution in [0.2, 0.25) is 0 Å². The van der Waals surface area contributed by atoms with Crippen LogP contribution >= 0.6 is 0 Å². The number of hydrogen-bond donors (Lipinski definition) is 3. The van der Waals surface area contributed by atoms with Gasteiger partial charge in [0, 0.05) is 29.8 Å². The van der Waals surface area contributed by atoms with Crippen molar-refractivity contribution in [3.05, 3.63) is 30.0 Å². The number of anilines is 1. The minimum atomic E-state index is -0.797. The maximum atomic E-state index is 12.3. The van der Waals surface area contributed by atoms with E-state index in [1.54, 1.807) is 24.4 Å². The van der Waals surface area contributed by atoms with Crippen molar-refractivity contribution in [2.45, 2.75) is 12.5 Å².